The summed E-state index contributed by atoms with van der Waals surface area (Å²) >= 11 is 6.34. The molecule has 0 aliphatic carbocycles. The fourth-order valence-electron chi connectivity index (χ4n) is 3.91. The molecular weight excluding hydrogens is 544 g/mol. The Morgan fingerprint density at radius 3 is 2.05 bits per heavy atom. The standard InChI is InChI=1S/C30H27ClN4O5.CH4/c1-38-25-15-21(16-26(39-2)27(25)40-3)29(37)35-30(32)33-22-12-13-23(31)24(17-22)34-28(36)20-11-7-10-19(14-20)18-8-5-4-6-9-18;/h4-17H,1-3H3,(H,34,36)(H3,32,33,35,37);1H4. The second kappa shape index (κ2) is 13.9. The van der Waals surface area contributed by atoms with Crippen molar-refractivity contribution in [2.75, 3.05) is 26.6 Å². The third-order valence-corrected chi connectivity index (χ3v) is 6.18. The molecule has 0 fully saturated rings. The second-order valence-electron chi connectivity index (χ2n) is 8.43. The highest BCUT2D eigenvalue weighted by Crippen LogP contribution is 2.38. The van der Waals surface area contributed by atoms with Crippen LogP contribution < -0.4 is 30.6 Å². The highest BCUT2D eigenvalue weighted by atomic mass is 35.5. The van der Waals surface area contributed by atoms with Gasteiger partial charge in [-0.05, 0) is 53.6 Å². The average molecular weight is 575 g/mol. The first-order valence-electron chi connectivity index (χ1n) is 12.0. The van der Waals surface area contributed by atoms with Gasteiger partial charge in [-0.25, -0.2) is 4.99 Å². The molecule has 4 aromatic rings. The van der Waals surface area contributed by atoms with Crippen LogP contribution in [-0.2, 0) is 0 Å². The molecule has 0 saturated heterocycles. The molecule has 4 rings (SSSR count). The van der Waals surface area contributed by atoms with Gasteiger partial charge in [0.25, 0.3) is 11.8 Å². The summed E-state index contributed by atoms with van der Waals surface area (Å²) in [7, 11) is 4.37. The van der Waals surface area contributed by atoms with Crippen LogP contribution in [0.25, 0.3) is 11.1 Å². The number of halogens is 1. The van der Waals surface area contributed by atoms with Crippen LogP contribution in [-0.4, -0.2) is 39.1 Å². The first-order valence-corrected chi connectivity index (χ1v) is 12.4. The van der Waals surface area contributed by atoms with Crippen molar-refractivity contribution in [3.05, 3.63) is 101 Å². The van der Waals surface area contributed by atoms with Gasteiger partial charge in [0, 0.05) is 11.1 Å². The molecule has 41 heavy (non-hydrogen) atoms. The first-order chi connectivity index (χ1) is 19.3. The number of carbonyl (C=O) groups is 2. The predicted molar refractivity (Wildman–Crippen MR) is 163 cm³/mol. The second-order valence-corrected chi connectivity index (χ2v) is 8.84. The van der Waals surface area contributed by atoms with E-state index in [0.29, 0.717) is 39.2 Å². The Bertz CT molecular complexity index is 1550. The lowest BCUT2D eigenvalue weighted by molar-refractivity contribution is 0.0974. The zero-order valence-corrected chi connectivity index (χ0v) is 22.8. The Balaban J connectivity index is 0.00000462. The summed E-state index contributed by atoms with van der Waals surface area (Å²) in [6.07, 6.45) is 0. The van der Waals surface area contributed by atoms with Gasteiger partial charge >= 0.3 is 0 Å². The fraction of sp³-hybridized carbons (Fsp3) is 0.129. The summed E-state index contributed by atoms with van der Waals surface area (Å²) in [6, 6.07) is 24.7. The minimum Gasteiger partial charge on any atom is -0.493 e. The van der Waals surface area contributed by atoms with Crippen LogP contribution in [0.15, 0.2) is 89.9 Å². The molecule has 0 spiro atoms. The molecule has 0 aliphatic rings. The quantitative estimate of drug-likeness (QED) is 0.168. The van der Waals surface area contributed by atoms with Gasteiger partial charge in [0.1, 0.15) is 0 Å². The van der Waals surface area contributed by atoms with Crippen molar-refractivity contribution >= 4 is 40.7 Å². The summed E-state index contributed by atoms with van der Waals surface area (Å²) < 4.78 is 15.9. The van der Waals surface area contributed by atoms with E-state index in [1.54, 1.807) is 30.3 Å². The lowest BCUT2D eigenvalue weighted by Gasteiger charge is -2.14. The topological polar surface area (TPSA) is 124 Å². The number of amides is 2. The number of nitrogens with one attached hydrogen (secondary N) is 2. The number of benzene rings is 4. The van der Waals surface area contributed by atoms with Crippen molar-refractivity contribution in [1.82, 2.24) is 5.32 Å². The van der Waals surface area contributed by atoms with E-state index in [-0.39, 0.29) is 24.9 Å². The van der Waals surface area contributed by atoms with E-state index in [1.165, 1.54) is 33.5 Å². The van der Waals surface area contributed by atoms with Gasteiger partial charge < -0.3 is 25.3 Å². The van der Waals surface area contributed by atoms with Gasteiger partial charge in [-0.3, -0.25) is 14.9 Å². The smallest absolute Gasteiger partial charge is 0.258 e. The molecule has 0 unspecified atom stereocenters. The molecule has 0 aromatic heterocycles. The van der Waals surface area contributed by atoms with E-state index in [2.05, 4.69) is 15.6 Å². The third-order valence-electron chi connectivity index (χ3n) is 5.85. The molecule has 2 amide bonds. The van der Waals surface area contributed by atoms with E-state index >= 15 is 0 Å². The first kappa shape index (κ1) is 30.5. The number of nitrogens with zero attached hydrogens (tertiary/aromatic N) is 1. The Morgan fingerprint density at radius 1 is 0.756 bits per heavy atom. The molecule has 10 heteroatoms. The number of hydrogen-bond acceptors (Lipinski definition) is 6. The molecule has 4 aromatic carbocycles. The number of hydrogen-bond donors (Lipinski definition) is 3. The van der Waals surface area contributed by atoms with Crippen molar-refractivity contribution in [3.63, 3.8) is 0 Å². The summed E-state index contributed by atoms with van der Waals surface area (Å²) in [6.45, 7) is 0. The van der Waals surface area contributed by atoms with Gasteiger partial charge in [0.05, 0.1) is 37.7 Å². The number of carbonyl (C=O) groups excluding carboxylic acids is 2. The Morgan fingerprint density at radius 2 is 1.41 bits per heavy atom. The zero-order valence-electron chi connectivity index (χ0n) is 22.0. The lowest BCUT2D eigenvalue weighted by Crippen LogP contribution is -2.36. The maximum absolute atomic E-state index is 13.0. The van der Waals surface area contributed by atoms with E-state index in [0.717, 1.165) is 11.1 Å². The van der Waals surface area contributed by atoms with Crippen molar-refractivity contribution in [2.45, 2.75) is 7.43 Å². The molecular formula is C31H31ClN4O5. The van der Waals surface area contributed by atoms with Gasteiger partial charge in [-0.15, -0.1) is 0 Å². The highest BCUT2D eigenvalue weighted by Gasteiger charge is 2.18. The van der Waals surface area contributed by atoms with Crippen LogP contribution in [0.2, 0.25) is 5.02 Å². The number of methoxy groups -OCH3 is 3. The predicted octanol–water partition coefficient (Wildman–Crippen LogP) is 6.30. The van der Waals surface area contributed by atoms with Gasteiger partial charge in [-0.1, -0.05) is 61.5 Å². The Labute approximate surface area is 243 Å². The Hall–Kier alpha value is -5.02. The molecule has 4 N–H and O–H groups in total. The van der Waals surface area contributed by atoms with Crippen LogP contribution in [0.4, 0.5) is 11.4 Å². The van der Waals surface area contributed by atoms with Crippen molar-refractivity contribution in [1.29, 1.82) is 0 Å². The molecule has 0 bridgehead atoms. The molecule has 9 nitrogen and oxygen atoms in total. The van der Waals surface area contributed by atoms with Crippen LogP contribution in [0.5, 0.6) is 17.2 Å². The molecule has 0 saturated carbocycles. The average Bonchev–Trinajstić information content (AvgIpc) is 2.98. The molecule has 0 atom stereocenters. The van der Waals surface area contributed by atoms with E-state index < -0.39 is 5.91 Å². The van der Waals surface area contributed by atoms with E-state index in [4.69, 9.17) is 31.5 Å². The van der Waals surface area contributed by atoms with Gasteiger partial charge in [0.2, 0.25) is 11.7 Å². The third kappa shape index (κ3) is 7.34. The summed E-state index contributed by atoms with van der Waals surface area (Å²) in [5.41, 5.74) is 9.29. The minimum atomic E-state index is -0.540. The van der Waals surface area contributed by atoms with Crippen LogP contribution in [0.3, 0.4) is 0 Å². The lowest BCUT2D eigenvalue weighted by atomic mass is 10.0. The van der Waals surface area contributed by atoms with Crippen molar-refractivity contribution < 1.29 is 23.8 Å². The summed E-state index contributed by atoms with van der Waals surface area (Å²) in [5.74, 6) is -0.0739. The fourth-order valence-corrected chi connectivity index (χ4v) is 4.08. The zero-order chi connectivity index (χ0) is 28.6. The largest absolute Gasteiger partial charge is 0.493 e. The van der Waals surface area contributed by atoms with Crippen molar-refractivity contribution in [3.8, 4) is 28.4 Å². The Kier molecular flexibility index (Phi) is 10.3. The van der Waals surface area contributed by atoms with E-state index in [9.17, 15) is 9.59 Å². The minimum absolute atomic E-state index is 0. The normalized spacial score (nSPS) is 10.7. The van der Waals surface area contributed by atoms with Crippen LogP contribution in [0.1, 0.15) is 28.1 Å². The maximum atomic E-state index is 13.0. The van der Waals surface area contributed by atoms with Gasteiger partial charge in [0.15, 0.2) is 11.5 Å². The van der Waals surface area contributed by atoms with Crippen LogP contribution >= 0.6 is 11.6 Å². The van der Waals surface area contributed by atoms with Crippen LogP contribution in [0, 0.1) is 0 Å². The van der Waals surface area contributed by atoms with Gasteiger partial charge in [-0.2, -0.15) is 0 Å². The molecule has 0 radical (unpaired) electrons. The maximum Gasteiger partial charge on any atom is 0.258 e. The molecule has 212 valence electrons. The number of rotatable bonds is 8. The number of aliphatic imine (C=N–C) groups is 1. The summed E-state index contributed by atoms with van der Waals surface area (Å²) in [5, 5.41) is 5.65. The molecule has 0 heterocycles. The summed E-state index contributed by atoms with van der Waals surface area (Å²) in [4.78, 5) is 30.1. The SMILES string of the molecule is C.COc1cc(C(=O)NC(N)=Nc2ccc(Cl)c(NC(=O)c3cccc(-c4ccccc4)c3)c2)cc(OC)c1OC. The highest BCUT2D eigenvalue weighted by molar-refractivity contribution is 6.34. The number of guanidine groups is 1. The number of ether oxygens (including phenoxy) is 3. The van der Waals surface area contributed by atoms with Crippen molar-refractivity contribution in [2.24, 2.45) is 10.7 Å². The number of nitrogens with two attached hydrogens (primary N) is 1. The molecule has 0 aliphatic heterocycles. The monoisotopic (exact) mass is 574 g/mol. The van der Waals surface area contributed by atoms with E-state index in [1.807, 2.05) is 42.5 Å². The number of anilines is 1.